The second kappa shape index (κ2) is 6.80. The molecule has 4 aromatic rings. The maximum atomic E-state index is 13.0. The Kier molecular flexibility index (Phi) is 4.43. The van der Waals surface area contributed by atoms with E-state index in [1.165, 1.54) is 6.07 Å². The number of aliphatic hydroxyl groups excluding tert-OH is 1. The number of fused-ring (bicyclic) bond motifs is 1. The zero-order valence-electron chi connectivity index (χ0n) is 15.0. The van der Waals surface area contributed by atoms with Crippen LogP contribution in [-0.4, -0.2) is 15.1 Å². The molecule has 3 nitrogen and oxygen atoms in total. The number of alkyl halides is 3. The second-order valence-electron chi connectivity index (χ2n) is 6.66. The lowest BCUT2D eigenvalue weighted by Crippen LogP contribution is -2.04. The molecular formula is C22H17F3N2O. The largest absolute Gasteiger partial charge is 0.416 e. The molecule has 0 saturated heterocycles. The van der Waals surface area contributed by atoms with Crippen molar-refractivity contribution < 1.29 is 18.3 Å². The van der Waals surface area contributed by atoms with Crippen molar-refractivity contribution in [1.82, 2.24) is 9.97 Å². The van der Waals surface area contributed by atoms with Crippen LogP contribution in [0.3, 0.4) is 0 Å². The molecule has 0 aliphatic carbocycles. The number of nitrogens with one attached hydrogen (secondary N) is 1. The quantitative estimate of drug-likeness (QED) is 0.459. The molecule has 0 saturated carbocycles. The number of aromatic amines is 1. The van der Waals surface area contributed by atoms with Crippen LogP contribution in [0, 0.1) is 0 Å². The molecule has 28 heavy (non-hydrogen) atoms. The van der Waals surface area contributed by atoms with E-state index in [1.54, 1.807) is 13.0 Å². The molecule has 142 valence electrons. The van der Waals surface area contributed by atoms with E-state index in [-0.39, 0.29) is 0 Å². The van der Waals surface area contributed by atoms with Gasteiger partial charge in [0.2, 0.25) is 0 Å². The summed E-state index contributed by atoms with van der Waals surface area (Å²) >= 11 is 0. The van der Waals surface area contributed by atoms with E-state index in [0.29, 0.717) is 22.4 Å². The normalized spacial score (nSPS) is 13.0. The van der Waals surface area contributed by atoms with E-state index >= 15 is 0 Å². The number of hydrogen-bond acceptors (Lipinski definition) is 2. The number of halogens is 3. The Morgan fingerprint density at radius 2 is 1.71 bits per heavy atom. The van der Waals surface area contributed by atoms with Gasteiger partial charge in [0.05, 0.1) is 22.7 Å². The van der Waals surface area contributed by atoms with Crippen LogP contribution in [0.15, 0.2) is 66.7 Å². The van der Waals surface area contributed by atoms with Crippen LogP contribution in [-0.2, 0) is 6.18 Å². The first-order chi connectivity index (χ1) is 13.3. The van der Waals surface area contributed by atoms with Crippen LogP contribution < -0.4 is 0 Å². The van der Waals surface area contributed by atoms with Crippen LogP contribution in [0.25, 0.3) is 33.5 Å². The molecule has 0 amide bonds. The molecule has 0 radical (unpaired) electrons. The van der Waals surface area contributed by atoms with Crippen LogP contribution in [0.5, 0.6) is 0 Å². The van der Waals surface area contributed by atoms with Gasteiger partial charge in [-0.1, -0.05) is 42.5 Å². The summed E-state index contributed by atoms with van der Waals surface area (Å²) in [5.41, 5.74) is 3.63. The van der Waals surface area contributed by atoms with Crippen molar-refractivity contribution in [1.29, 1.82) is 0 Å². The lowest BCUT2D eigenvalue weighted by atomic mass is 9.96. The first kappa shape index (κ1) is 18.3. The van der Waals surface area contributed by atoms with Gasteiger partial charge in [-0.3, -0.25) is 0 Å². The number of imidazole rings is 1. The molecule has 1 heterocycles. The van der Waals surface area contributed by atoms with Crippen LogP contribution >= 0.6 is 0 Å². The summed E-state index contributed by atoms with van der Waals surface area (Å²) in [5.74, 6) is 0.377. The van der Waals surface area contributed by atoms with Gasteiger partial charge in [0.25, 0.3) is 0 Å². The molecule has 0 fully saturated rings. The van der Waals surface area contributed by atoms with Crippen molar-refractivity contribution in [2.45, 2.75) is 19.2 Å². The molecule has 4 rings (SSSR count). The summed E-state index contributed by atoms with van der Waals surface area (Å²) in [4.78, 5) is 7.53. The standard InChI is InChI=1S/C22H17F3N2O/c1-13(28)17-7-2-3-8-18(17)14-9-10-19-20(12-14)27-21(26-19)15-5-4-6-16(11-15)22(23,24)25/h2-13,28H,1H3,(H,26,27). The fourth-order valence-corrected chi connectivity index (χ4v) is 3.28. The van der Waals surface area contributed by atoms with E-state index in [1.807, 2.05) is 42.5 Å². The zero-order valence-corrected chi connectivity index (χ0v) is 15.0. The van der Waals surface area contributed by atoms with Gasteiger partial charge < -0.3 is 10.1 Å². The Hall–Kier alpha value is -3.12. The molecule has 1 aromatic heterocycles. The van der Waals surface area contributed by atoms with Gasteiger partial charge in [-0.2, -0.15) is 13.2 Å². The van der Waals surface area contributed by atoms with Crippen molar-refractivity contribution in [3.8, 4) is 22.5 Å². The minimum Gasteiger partial charge on any atom is -0.389 e. The Morgan fingerprint density at radius 1 is 0.929 bits per heavy atom. The fraction of sp³-hybridized carbons (Fsp3) is 0.136. The summed E-state index contributed by atoms with van der Waals surface area (Å²) < 4.78 is 38.9. The van der Waals surface area contributed by atoms with E-state index in [4.69, 9.17) is 0 Å². The van der Waals surface area contributed by atoms with Gasteiger partial charge in [-0.15, -0.1) is 0 Å². The third-order valence-corrected chi connectivity index (χ3v) is 4.67. The van der Waals surface area contributed by atoms with Gasteiger partial charge in [0.1, 0.15) is 5.82 Å². The Morgan fingerprint density at radius 3 is 2.46 bits per heavy atom. The topological polar surface area (TPSA) is 48.9 Å². The van der Waals surface area contributed by atoms with Crippen LogP contribution in [0.2, 0.25) is 0 Å². The highest BCUT2D eigenvalue weighted by Crippen LogP contribution is 2.33. The Balaban J connectivity index is 1.78. The Bertz CT molecular complexity index is 1150. The summed E-state index contributed by atoms with van der Waals surface area (Å²) in [6.45, 7) is 1.71. The minimum absolute atomic E-state index is 0.372. The number of hydrogen-bond donors (Lipinski definition) is 2. The van der Waals surface area contributed by atoms with Crippen molar-refractivity contribution in [3.63, 3.8) is 0 Å². The van der Waals surface area contributed by atoms with Gasteiger partial charge in [0, 0.05) is 5.56 Å². The van der Waals surface area contributed by atoms with Gasteiger partial charge in [-0.05, 0) is 47.9 Å². The van der Waals surface area contributed by atoms with Gasteiger partial charge in [0.15, 0.2) is 0 Å². The summed E-state index contributed by atoms with van der Waals surface area (Å²) in [5, 5.41) is 10.0. The third-order valence-electron chi connectivity index (χ3n) is 4.67. The Labute approximate surface area is 159 Å². The molecular weight excluding hydrogens is 365 g/mol. The monoisotopic (exact) mass is 382 g/mol. The van der Waals surface area contributed by atoms with Crippen molar-refractivity contribution in [2.75, 3.05) is 0 Å². The summed E-state index contributed by atoms with van der Waals surface area (Å²) in [6, 6.07) is 18.2. The average molecular weight is 382 g/mol. The number of benzene rings is 3. The minimum atomic E-state index is -4.40. The van der Waals surface area contributed by atoms with Crippen molar-refractivity contribution in [2.24, 2.45) is 0 Å². The lowest BCUT2D eigenvalue weighted by Gasteiger charge is -2.11. The molecule has 0 aliphatic rings. The van der Waals surface area contributed by atoms with Crippen LogP contribution in [0.1, 0.15) is 24.2 Å². The average Bonchev–Trinajstić information content (AvgIpc) is 3.11. The van der Waals surface area contributed by atoms with Gasteiger partial charge >= 0.3 is 6.18 Å². The smallest absolute Gasteiger partial charge is 0.389 e. The molecule has 0 spiro atoms. The molecule has 2 N–H and O–H groups in total. The maximum Gasteiger partial charge on any atom is 0.416 e. The predicted octanol–water partition coefficient (Wildman–Crippen LogP) is 5.97. The summed E-state index contributed by atoms with van der Waals surface area (Å²) in [6.07, 6.45) is -5.02. The van der Waals surface area contributed by atoms with Gasteiger partial charge in [-0.25, -0.2) is 4.98 Å². The predicted molar refractivity (Wildman–Crippen MR) is 103 cm³/mol. The van der Waals surface area contributed by atoms with E-state index in [0.717, 1.165) is 28.8 Å². The molecule has 1 atom stereocenters. The number of aliphatic hydroxyl groups is 1. The zero-order chi connectivity index (χ0) is 19.9. The molecule has 3 aromatic carbocycles. The molecule has 1 unspecified atom stereocenters. The fourth-order valence-electron chi connectivity index (χ4n) is 3.28. The van der Waals surface area contributed by atoms with Crippen molar-refractivity contribution >= 4 is 11.0 Å². The first-order valence-corrected chi connectivity index (χ1v) is 8.78. The third kappa shape index (κ3) is 3.39. The number of rotatable bonds is 3. The highest BCUT2D eigenvalue weighted by molar-refractivity contribution is 5.85. The molecule has 0 bridgehead atoms. The second-order valence-corrected chi connectivity index (χ2v) is 6.66. The number of nitrogens with zero attached hydrogens (tertiary/aromatic N) is 1. The highest BCUT2D eigenvalue weighted by Gasteiger charge is 2.30. The highest BCUT2D eigenvalue weighted by atomic mass is 19.4. The summed E-state index contributed by atoms with van der Waals surface area (Å²) in [7, 11) is 0. The van der Waals surface area contributed by atoms with Crippen molar-refractivity contribution in [3.05, 3.63) is 77.9 Å². The molecule has 6 heteroatoms. The SMILES string of the molecule is CC(O)c1ccccc1-c1ccc2nc(-c3cccc(C(F)(F)F)c3)[nH]c2c1. The lowest BCUT2D eigenvalue weighted by molar-refractivity contribution is -0.137. The maximum absolute atomic E-state index is 13.0. The van der Waals surface area contributed by atoms with Crippen LogP contribution in [0.4, 0.5) is 13.2 Å². The molecule has 0 aliphatic heterocycles. The van der Waals surface area contributed by atoms with E-state index < -0.39 is 17.8 Å². The van der Waals surface area contributed by atoms with E-state index in [9.17, 15) is 18.3 Å². The van der Waals surface area contributed by atoms with E-state index in [2.05, 4.69) is 9.97 Å². The number of aromatic nitrogens is 2. The first-order valence-electron chi connectivity index (χ1n) is 8.78. The number of H-pyrrole nitrogens is 1.